The fourth-order valence-corrected chi connectivity index (χ4v) is 2.57. The van der Waals surface area contributed by atoms with Crippen molar-refractivity contribution in [3.05, 3.63) is 18.1 Å². The van der Waals surface area contributed by atoms with Gasteiger partial charge in [-0.1, -0.05) is 0 Å². The molecule has 1 aromatic heterocycles. The molecule has 1 atom stereocenters. The molecule has 1 aliphatic heterocycles. The summed E-state index contributed by atoms with van der Waals surface area (Å²) in [6.45, 7) is 3.79. The molecule has 5 heteroatoms. The van der Waals surface area contributed by atoms with Gasteiger partial charge in [0.25, 0.3) is 0 Å². The number of carbonyl (C=O) groups is 1. The molecular formula is C14H20N4O. The average Bonchev–Trinajstić information content (AvgIpc) is 3.23. The van der Waals surface area contributed by atoms with E-state index >= 15 is 0 Å². The second kappa shape index (κ2) is 5.15. The number of aromatic nitrogens is 2. The number of amides is 1. The lowest BCUT2D eigenvalue weighted by atomic mass is 10.1. The minimum absolute atomic E-state index is 0.238. The van der Waals surface area contributed by atoms with Crippen LogP contribution in [0.15, 0.2) is 12.4 Å². The van der Waals surface area contributed by atoms with Crippen LogP contribution in [0.3, 0.4) is 0 Å². The Morgan fingerprint density at radius 3 is 2.95 bits per heavy atom. The number of carbonyl (C=O) groups excluding carboxylic acids is 1. The molecule has 3 rings (SSSR count). The fraction of sp³-hybridized carbons (Fsp3) is 0.643. The van der Waals surface area contributed by atoms with Crippen LogP contribution in [0.25, 0.3) is 0 Å². The Morgan fingerprint density at radius 2 is 2.21 bits per heavy atom. The van der Waals surface area contributed by atoms with E-state index in [0.29, 0.717) is 0 Å². The van der Waals surface area contributed by atoms with Crippen molar-refractivity contribution in [2.24, 2.45) is 5.92 Å². The lowest BCUT2D eigenvalue weighted by Crippen LogP contribution is -2.48. The Labute approximate surface area is 113 Å². The summed E-state index contributed by atoms with van der Waals surface area (Å²) in [6, 6.07) is 0.254. The predicted molar refractivity (Wildman–Crippen MR) is 72.9 cm³/mol. The monoisotopic (exact) mass is 260 g/mol. The number of piperidine rings is 1. The van der Waals surface area contributed by atoms with Crippen molar-refractivity contribution < 1.29 is 4.79 Å². The van der Waals surface area contributed by atoms with Gasteiger partial charge in [-0.2, -0.15) is 0 Å². The first-order valence-electron chi connectivity index (χ1n) is 7.06. The molecule has 0 spiro atoms. The molecule has 1 N–H and O–H groups in total. The molecule has 2 heterocycles. The summed E-state index contributed by atoms with van der Waals surface area (Å²) >= 11 is 0. The Morgan fingerprint density at radius 1 is 1.37 bits per heavy atom. The highest BCUT2D eigenvalue weighted by Crippen LogP contribution is 2.29. The molecule has 1 amide bonds. The van der Waals surface area contributed by atoms with Crippen LogP contribution >= 0.6 is 0 Å². The van der Waals surface area contributed by atoms with Crippen molar-refractivity contribution in [1.82, 2.24) is 15.3 Å². The molecule has 0 aromatic carbocycles. The second-order valence-electron chi connectivity index (χ2n) is 5.59. The molecule has 1 saturated heterocycles. The normalized spacial score (nSPS) is 23.2. The standard InChI is InChI=1S/C14H20N4O/c1-10-7-15-8-13(16-10)18-6-2-3-12(9-18)17-14(19)11-4-5-11/h7-8,11-12H,2-6,9H2,1H3,(H,17,19). The molecule has 0 radical (unpaired) electrons. The van der Waals surface area contributed by atoms with E-state index < -0.39 is 0 Å². The third-order valence-corrected chi connectivity index (χ3v) is 3.78. The molecule has 5 nitrogen and oxygen atoms in total. The zero-order valence-electron chi connectivity index (χ0n) is 11.3. The molecule has 19 heavy (non-hydrogen) atoms. The van der Waals surface area contributed by atoms with E-state index in [1.807, 2.05) is 6.92 Å². The number of nitrogens with one attached hydrogen (secondary N) is 1. The highest BCUT2D eigenvalue weighted by Gasteiger charge is 2.32. The first-order chi connectivity index (χ1) is 9.22. The summed E-state index contributed by atoms with van der Waals surface area (Å²) in [5, 5.41) is 3.17. The van der Waals surface area contributed by atoms with E-state index in [1.54, 1.807) is 12.4 Å². The highest BCUT2D eigenvalue weighted by atomic mass is 16.2. The Kier molecular flexibility index (Phi) is 3.36. The van der Waals surface area contributed by atoms with E-state index in [0.717, 1.165) is 50.3 Å². The van der Waals surface area contributed by atoms with E-state index in [9.17, 15) is 4.79 Å². The van der Waals surface area contributed by atoms with Gasteiger partial charge < -0.3 is 10.2 Å². The summed E-state index contributed by atoms with van der Waals surface area (Å²) in [5.74, 6) is 1.45. The van der Waals surface area contributed by atoms with Gasteiger partial charge in [0.1, 0.15) is 5.82 Å². The molecular weight excluding hydrogens is 240 g/mol. The largest absolute Gasteiger partial charge is 0.353 e. The molecule has 102 valence electrons. The molecule has 1 unspecified atom stereocenters. The van der Waals surface area contributed by atoms with Crippen LogP contribution in [0.1, 0.15) is 31.4 Å². The van der Waals surface area contributed by atoms with Gasteiger partial charge in [-0.25, -0.2) is 4.98 Å². The third kappa shape index (κ3) is 3.03. The minimum Gasteiger partial charge on any atom is -0.353 e. The lowest BCUT2D eigenvalue weighted by Gasteiger charge is -2.33. The van der Waals surface area contributed by atoms with Crippen LogP contribution in [-0.4, -0.2) is 35.0 Å². The highest BCUT2D eigenvalue weighted by molar-refractivity contribution is 5.81. The topological polar surface area (TPSA) is 58.1 Å². The predicted octanol–water partition coefficient (Wildman–Crippen LogP) is 1.28. The van der Waals surface area contributed by atoms with Crippen LogP contribution in [0.4, 0.5) is 5.82 Å². The summed E-state index contributed by atoms with van der Waals surface area (Å²) in [5.41, 5.74) is 0.932. The number of anilines is 1. The van der Waals surface area contributed by atoms with E-state index in [4.69, 9.17) is 0 Å². The van der Waals surface area contributed by atoms with Crippen LogP contribution in [-0.2, 0) is 4.79 Å². The number of rotatable bonds is 3. The van der Waals surface area contributed by atoms with Gasteiger partial charge in [0.05, 0.1) is 11.9 Å². The molecule has 0 bridgehead atoms. The first kappa shape index (κ1) is 12.4. The average molecular weight is 260 g/mol. The first-order valence-corrected chi connectivity index (χ1v) is 7.06. The Hall–Kier alpha value is -1.65. The van der Waals surface area contributed by atoms with Crippen molar-refractivity contribution in [2.75, 3.05) is 18.0 Å². The fourth-order valence-electron chi connectivity index (χ4n) is 2.57. The van der Waals surface area contributed by atoms with Crippen LogP contribution < -0.4 is 10.2 Å². The number of hydrogen-bond acceptors (Lipinski definition) is 4. The molecule has 1 aromatic rings. The SMILES string of the molecule is Cc1cncc(N2CCCC(NC(=O)C3CC3)C2)n1. The molecule has 1 saturated carbocycles. The molecule has 2 fully saturated rings. The smallest absolute Gasteiger partial charge is 0.223 e. The molecule has 1 aliphatic carbocycles. The number of hydrogen-bond donors (Lipinski definition) is 1. The van der Waals surface area contributed by atoms with Crippen LogP contribution in [0, 0.1) is 12.8 Å². The van der Waals surface area contributed by atoms with E-state index in [1.165, 1.54) is 0 Å². The van der Waals surface area contributed by atoms with Crippen molar-refractivity contribution in [3.63, 3.8) is 0 Å². The Bertz CT molecular complexity index is 472. The third-order valence-electron chi connectivity index (χ3n) is 3.78. The van der Waals surface area contributed by atoms with Gasteiger partial charge in [-0.05, 0) is 32.6 Å². The maximum Gasteiger partial charge on any atom is 0.223 e. The summed E-state index contributed by atoms with van der Waals surface area (Å²) in [4.78, 5) is 22.7. The van der Waals surface area contributed by atoms with Crippen LogP contribution in [0.5, 0.6) is 0 Å². The maximum atomic E-state index is 11.8. The minimum atomic E-state index is 0.238. The summed E-state index contributed by atoms with van der Waals surface area (Å²) in [7, 11) is 0. The van der Waals surface area contributed by atoms with Gasteiger partial charge in [0.2, 0.25) is 5.91 Å². The van der Waals surface area contributed by atoms with Gasteiger partial charge in [0, 0.05) is 31.2 Å². The number of aryl methyl sites for hydroxylation is 1. The zero-order valence-corrected chi connectivity index (χ0v) is 11.3. The maximum absolute atomic E-state index is 11.8. The lowest BCUT2D eigenvalue weighted by molar-refractivity contribution is -0.123. The van der Waals surface area contributed by atoms with Gasteiger partial charge >= 0.3 is 0 Å². The van der Waals surface area contributed by atoms with Crippen LogP contribution in [0.2, 0.25) is 0 Å². The number of nitrogens with zero attached hydrogens (tertiary/aromatic N) is 3. The van der Waals surface area contributed by atoms with Crippen molar-refractivity contribution in [1.29, 1.82) is 0 Å². The summed E-state index contributed by atoms with van der Waals surface area (Å²) in [6.07, 6.45) is 7.84. The zero-order chi connectivity index (χ0) is 13.2. The van der Waals surface area contributed by atoms with Gasteiger partial charge in [-0.3, -0.25) is 9.78 Å². The second-order valence-corrected chi connectivity index (χ2v) is 5.59. The van der Waals surface area contributed by atoms with Crippen molar-refractivity contribution in [2.45, 2.75) is 38.6 Å². The van der Waals surface area contributed by atoms with Crippen molar-refractivity contribution in [3.8, 4) is 0 Å². The van der Waals surface area contributed by atoms with E-state index in [2.05, 4.69) is 20.2 Å². The van der Waals surface area contributed by atoms with E-state index in [-0.39, 0.29) is 17.9 Å². The van der Waals surface area contributed by atoms with Gasteiger partial charge in [-0.15, -0.1) is 0 Å². The molecule has 2 aliphatic rings. The quantitative estimate of drug-likeness (QED) is 0.889. The van der Waals surface area contributed by atoms with Gasteiger partial charge in [0.15, 0.2) is 0 Å². The van der Waals surface area contributed by atoms with Crippen molar-refractivity contribution >= 4 is 11.7 Å². The Balaban J connectivity index is 1.62. The summed E-state index contributed by atoms with van der Waals surface area (Å²) < 4.78 is 0.